The Bertz CT molecular complexity index is 650. The van der Waals surface area contributed by atoms with Crippen molar-refractivity contribution in [2.75, 3.05) is 27.2 Å². The number of hydrogen-bond acceptors (Lipinski definition) is 4. The van der Waals surface area contributed by atoms with Crippen molar-refractivity contribution >= 4 is 17.5 Å². The van der Waals surface area contributed by atoms with Gasteiger partial charge in [0.15, 0.2) is 0 Å². The van der Waals surface area contributed by atoms with E-state index in [1.165, 1.54) is 0 Å². The summed E-state index contributed by atoms with van der Waals surface area (Å²) in [4.78, 5) is 18.5. The number of carbonyl (C=O) groups is 1. The Morgan fingerprint density at radius 3 is 2.65 bits per heavy atom. The van der Waals surface area contributed by atoms with Crippen molar-refractivity contribution in [1.29, 1.82) is 0 Å². The van der Waals surface area contributed by atoms with Crippen LogP contribution in [0.1, 0.15) is 17.9 Å². The molecule has 2 rings (SSSR count). The van der Waals surface area contributed by atoms with Gasteiger partial charge in [-0.05, 0) is 58.3 Å². The second-order valence-electron chi connectivity index (χ2n) is 5.71. The monoisotopic (exact) mass is 335 g/mol. The highest BCUT2D eigenvalue weighted by Gasteiger charge is 2.14. The lowest BCUT2D eigenvalue weighted by atomic mass is 10.2. The maximum atomic E-state index is 12.0. The number of nitrogens with one attached hydrogen (secondary N) is 1. The minimum absolute atomic E-state index is 0.0391. The Morgan fingerprint density at radius 1 is 1.30 bits per heavy atom. The summed E-state index contributed by atoms with van der Waals surface area (Å²) in [6.45, 7) is 3.43. The number of aromatic nitrogens is 1. The van der Waals surface area contributed by atoms with Crippen LogP contribution < -0.4 is 5.32 Å². The van der Waals surface area contributed by atoms with E-state index in [-0.39, 0.29) is 12.3 Å². The zero-order chi connectivity index (χ0) is 16.8. The van der Waals surface area contributed by atoms with Gasteiger partial charge in [0.25, 0.3) is 0 Å². The topological polar surface area (TPSA) is 58.4 Å². The fourth-order valence-corrected chi connectivity index (χ4v) is 2.27. The van der Waals surface area contributed by atoms with E-state index in [4.69, 9.17) is 16.0 Å². The van der Waals surface area contributed by atoms with E-state index in [1.807, 2.05) is 33.2 Å². The molecular weight excluding hydrogens is 314 g/mol. The minimum atomic E-state index is -0.0391. The molecule has 0 atom stereocenters. The van der Waals surface area contributed by atoms with Crippen LogP contribution in [0.2, 0.25) is 5.02 Å². The standard InChI is InChI=1S/C17H22ClN3O2/c1-12-15(11-16(22)19-9-4-10-21(2)3)20-17(23-12)13-5-7-14(18)8-6-13/h5-8H,4,9-11H2,1-3H3,(H,19,22). The largest absolute Gasteiger partial charge is 0.441 e. The summed E-state index contributed by atoms with van der Waals surface area (Å²) in [7, 11) is 4.03. The summed E-state index contributed by atoms with van der Waals surface area (Å²) in [5.74, 6) is 1.13. The molecule has 0 spiro atoms. The number of oxazole rings is 1. The van der Waals surface area contributed by atoms with Crippen LogP contribution in [0.4, 0.5) is 0 Å². The van der Waals surface area contributed by atoms with E-state index in [0.29, 0.717) is 28.9 Å². The number of rotatable bonds is 7. The smallest absolute Gasteiger partial charge is 0.226 e. The minimum Gasteiger partial charge on any atom is -0.441 e. The third kappa shape index (κ3) is 5.37. The van der Waals surface area contributed by atoms with Crippen molar-refractivity contribution in [1.82, 2.24) is 15.2 Å². The van der Waals surface area contributed by atoms with Crippen molar-refractivity contribution < 1.29 is 9.21 Å². The molecule has 1 N–H and O–H groups in total. The first-order valence-electron chi connectivity index (χ1n) is 7.59. The van der Waals surface area contributed by atoms with Gasteiger partial charge in [-0.25, -0.2) is 4.98 Å². The molecule has 0 aliphatic heterocycles. The summed E-state index contributed by atoms with van der Waals surface area (Å²) in [5.41, 5.74) is 1.51. The predicted octanol–water partition coefficient (Wildman–Crippen LogP) is 2.91. The van der Waals surface area contributed by atoms with Gasteiger partial charge in [0, 0.05) is 17.1 Å². The number of carbonyl (C=O) groups excluding carboxylic acids is 1. The SMILES string of the molecule is Cc1oc(-c2ccc(Cl)cc2)nc1CC(=O)NCCCN(C)C. The van der Waals surface area contributed by atoms with Crippen molar-refractivity contribution in [3.05, 3.63) is 40.7 Å². The van der Waals surface area contributed by atoms with Crippen molar-refractivity contribution in [3.8, 4) is 11.5 Å². The summed E-state index contributed by atoms with van der Waals surface area (Å²) < 4.78 is 5.66. The molecule has 2 aromatic rings. The quantitative estimate of drug-likeness (QED) is 0.790. The maximum absolute atomic E-state index is 12.0. The second kappa shape index (κ2) is 8.13. The van der Waals surface area contributed by atoms with Gasteiger partial charge >= 0.3 is 0 Å². The van der Waals surface area contributed by atoms with E-state index in [9.17, 15) is 4.79 Å². The Labute approximate surface area is 141 Å². The van der Waals surface area contributed by atoms with Crippen molar-refractivity contribution in [3.63, 3.8) is 0 Å². The molecule has 1 amide bonds. The van der Waals surface area contributed by atoms with Gasteiger partial charge in [-0.1, -0.05) is 11.6 Å². The highest BCUT2D eigenvalue weighted by molar-refractivity contribution is 6.30. The molecule has 0 aliphatic carbocycles. The van der Waals surface area contributed by atoms with Crippen LogP contribution in [0.3, 0.4) is 0 Å². The van der Waals surface area contributed by atoms with Crippen LogP contribution >= 0.6 is 11.6 Å². The van der Waals surface area contributed by atoms with Gasteiger partial charge < -0.3 is 14.6 Å². The van der Waals surface area contributed by atoms with E-state index < -0.39 is 0 Å². The molecule has 23 heavy (non-hydrogen) atoms. The van der Waals surface area contributed by atoms with Crippen LogP contribution in [0.15, 0.2) is 28.7 Å². The Morgan fingerprint density at radius 2 is 2.00 bits per heavy atom. The molecule has 0 radical (unpaired) electrons. The summed E-state index contributed by atoms with van der Waals surface area (Å²) in [6, 6.07) is 7.26. The Kier molecular flexibility index (Phi) is 6.19. The first kappa shape index (κ1) is 17.5. The molecule has 0 aliphatic rings. The first-order valence-corrected chi connectivity index (χ1v) is 7.97. The van der Waals surface area contributed by atoms with Crippen LogP contribution in [-0.2, 0) is 11.2 Å². The fourth-order valence-electron chi connectivity index (χ4n) is 2.15. The molecule has 0 bridgehead atoms. The molecule has 6 heteroatoms. The van der Waals surface area contributed by atoms with E-state index >= 15 is 0 Å². The van der Waals surface area contributed by atoms with Crippen LogP contribution in [0.25, 0.3) is 11.5 Å². The molecule has 124 valence electrons. The lowest BCUT2D eigenvalue weighted by molar-refractivity contribution is -0.120. The summed E-state index contributed by atoms with van der Waals surface area (Å²) >= 11 is 5.88. The Balaban J connectivity index is 1.93. The molecule has 1 aromatic carbocycles. The number of halogens is 1. The lowest BCUT2D eigenvalue weighted by Crippen LogP contribution is -2.28. The molecule has 0 fully saturated rings. The number of hydrogen-bond donors (Lipinski definition) is 1. The first-order chi connectivity index (χ1) is 11.0. The molecule has 0 saturated heterocycles. The third-order valence-corrected chi connectivity index (χ3v) is 3.67. The van der Waals surface area contributed by atoms with Gasteiger partial charge in [0.2, 0.25) is 11.8 Å². The molecule has 5 nitrogen and oxygen atoms in total. The second-order valence-corrected chi connectivity index (χ2v) is 6.15. The molecule has 1 heterocycles. The third-order valence-electron chi connectivity index (χ3n) is 3.42. The van der Waals surface area contributed by atoms with Crippen LogP contribution in [0, 0.1) is 6.92 Å². The van der Waals surface area contributed by atoms with E-state index in [0.717, 1.165) is 18.5 Å². The van der Waals surface area contributed by atoms with E-state index in [2.05, 4.69) is 15.2 Å². The highest BCUT2D eigenvalue weighted by Crippen LogP contribution is 2.23. The van der Waals surface area contributed by atoms with Gasteiger partial charge in [-0.15, -0.1) is 0 Å². The normalized spacial score (nSPS) is 11.0. The zero-order valence-corrected chi connectivity index (χ0v) is 14.5. The van der Waals surface area contributed by atoms with Gasteiger partial charge in [-0.3, -0.25) is 4.79 Å². The zero-order valence-electron chi connectivity index (χ0n) is 13.7. The molecule has 1 aromatic heterocycles. The summed E-state index contributed by atoms with van der Waals surface area (Å²) in [5, 5.41) is 3.57. The molecule has 0 unspecified atom stereocenters. The number of amides is 1. The van der Waals surface area contributed by atoms with Gasteiger partial charge in [0.05, 0.1) is 12.1 Å². The maximum Gasteiger partial charge on any atom is 0.226 e. The highest BCUT2D eigenvalue weighted by atomic mass is 35.5. The van der Waals surface area contributed by atoms with Gasteiger partial charge in [-0.2, -0.15) is 0 Å². The Hall–Kier alpha value is -1.85. The van der Waals surface area contributed by atoms with E-state index in [1.54, 1.807) is 12.1 Å². The predicted molar refractivity (Wildman–Crippen MR) is 91.6 cm³/mol. The van der Waals surface area contributed by atoms with Crippen LogP contribution in [-0.4, -0.2) is 43.0 Å². The number of aryl methyl sites for hydroxylation is 1. The lowest BCUT2D eigenvalue weighted by Gasteiger charge is -2.09. The van der Waals surface area contributed by atoms with Gasteiger partial charge in [0.1, 0.15) is 5.76 Å². The molecule has 0 saturated carbocycles. The number of benzene rings is 1. The molecular formula is C17H22ClN3O2. The average molecular weight is 336 g/mol. The van der Waals surface area contributed by atoms with Crippen molar-refractivity contribution in [2.45, 2.75) is 19.8 Å². The van der Waals surface area contributed by atoms with Crippen LogP contribution in [0.5, 0.6) is 0 Å². The fraction of sp³-hybridized carbons (Fsp3) is 0.412. The summed E-state index contributed by atoms with van der Waals surface area (Å²) in [6.07, 6.45) is 1.15. The number of nitrogens with zero attached hydrogens (tertiary/aromatic N) is 2. The van der Waals surface area contributed by atoms with Crippen molar-refractivity contribution in [2.24, 2.45) is 0 Å². The average Bonchev–Trinajstić information content (AvgIpc) is 2.85.